The number of nitrogens with zero attached hydrogens (tertiary/aromatic N) is 1. The third-order valence-corrected chi connectivity index (χ3v) is 4.89. The number of hydrogen-bond acceptors (Lipinski definition) is 3. The molecule has 2 N–H and O–H groups in total. The van der Waals surface area contributed by atoms with Crippen molar-refractivity contribution in [2.45, 2.75) is 13.3 Å². The first kappa shape index (κ1) is 17.8. The molecule has 5 heteroatoms. The second kappa shape index (κ2) is 7.19. The molecular weight excluding hydrogens is 352 g/mol. The molecule has 0 aliphatic carbocycles. The minimum absolute atomic E-state index is 0.267. The second-order valence-corrected chi connectivity index (χ2v) is 6.54. The van der Waals surface area contributed by atoms with Gasteiger partial charge in [-0.2, -0.15) is 0 Å². The van der Waals surface area contributed by atoms with E-state index in [1.807, 2.05) is 30.3 Å². The molecule has 0 radical (unpaired) electrons. The monoisotopic (exact) mass is 372 g/mol. The highest BCUT2D eigenvalue weighted by atomic mass is 16.5. The molecule has 4 rings (SSSR count). The fourth-order valence-electron chi connectivity index (χ4n) is 3.37. The van der Waals surface area contributed by atoms with Crippen molar-refractivity contribution >= 4 is 16.9 Å². The Morgan fingerprint density at radius 3 is 2.50 bits per heavy atom. The van der Waals surface area contributed by atoms with Crippen LogP contribution in [0.3, 0.4) is 0 Å². The second-order valence-electron chi connectivity index (χ2n) is 6.54. The van der Waals surface area contributed by atoms with Crippen molar-refractivity contribution in [2.75, 3.05) is 7.11 Å². The molecule has 0 atom stereocenters. The van der Waals surface area contributed by atoms with E-state index in [4.69, 9.17) is 14.8 Å². The molecule has 0 fully saturated rings. The molecule has 2 aromatic carbocycles. The fraction of sp³-hybridized carbons (Fsp3) is 0.130. The molecule has 0 saturated heterocycles. The number of aromatic amines is 1. The summed E-state index contributed by atoms with van der Waals surface area (Å²) in [5.41, 5.74) is 5.88. The molecule has 5 nitrogen and oxygen atoms in total. The van der Waals surface area contributed by atoms with Crippen LogP contribution in [0.15, 0.2) is 60.7 Å². The molecule has 0 aliphatic rings. The highest BCUT2D eigenvalue weighted by Gasteiger charge is 2.12. The van der Waals surface area contributed by atoms with Gasteiger partial charge in [-0.05, 0) is 47.9 Å². The number of carbonyl (C=O) groups is 1. The molecule has 0 bridgehead atoms. The number of nitrogens with one attached hydrogen (secondary N) is 1. The van der Waals surface area contributed by atoms with Crippen molar-refractivity contribution in [3.8, 4) is 28.4 Å². The number of hydrogen-bond donors (Lipinski definition) is 2. The van der Waals surface area contributed by atoms with E-state index in [2.05, 4.69) is 18.0 Å². The van der Waals surface area contributed by atoms with Gasteiger partial charge in [0.1, 0.15) is 5.75 Å². The first-order chi connectivity index (χ1) is 13.6. The van der Waals surface area contributed by atoms with Gasteiger partial charge >= 0.3 is 5.97 Å². The van der Waals surface area contributed by atoms with Gasteiger partial charge in [-0.15, -0.1) is 0 Å². The molecule has 2 heterocycles. The number of H-pyrrole nitrogens is 1. The van der Waals surface area contributed by atoms with Crippen LogP contribution < -0.4 is 4.74 Å². The largest absolute Gasteiger partial charge is 0.496 e. The van der Waals surface area contributed by atoms with Crippen LogP contribution in [-0.4, -0.2) is 28.2 Å². The summed E-state index contributed by atoms with van der Waals surface area (Å²) in [5, 5.41) is 10.1. The van der Waals surface area contributed by atoms with Gasteiger partial charge in [0, 0.05) is 17.1 Å². The zero-order valence-corrected chi connectivity index (χ0v) is 15.7. The van der Waals surface area contributed by atoms with Crippen LogP contribution in [-0.2, 0) is 6.42 Å². The number of methoxy groups -OCH3 is 1. The highest BCUT2D eigenvalue weighted by molar-refractivity contribution is 5.90. The van der Waals surface area contributed by atoms with Crippen LogP contribution in [0, 0.1) is 0 Å². The predicted octanol–water partition coefficient (Wildman–Crippen LogP) is 5.17. The van der Waals surface area contributed by atoms with E-state index in [9.17, 15) is 4.79 Å². The molecule has 0 saturated carbocycles. The lowest BCUT2D eigenvalue weighted by Crippen LogP contribution is -1.95. The van der Waals surface area contributed by atoms with Crippen LogP contribution in [0.1, 0.15) is 22.8 Å². The summed E-state index contributed by atoms with van der Waals surface area (Å²) in [6, 6.07) is 18.8. The minimum Gasteiger partial charge on any atom is -0.496 e. The quantitative estimate of drug-likeness (QED) is 0.507. The van der Waals surface area contributed by atoms with Gasteiger partial charge in [0.25, 0.3) is 0 Å². The van der Waals surface area contributed by atoms with Gasteiger partial charge < -0.3 is 14.8 Å². The number of aryl methyl sites for hydroxylation is 1. The molecule has 0 aliphatic heterocycles. The van der Waals surface area contributed by atoms with Gasteiger partial charge in [-0.25, -0.2) is 9.78 Å². The van der Waals surface area contributed by atoms with Gasteiger partial charge in [-0.3, -0.25) is 0 Å². The van der Waals surface area contributed by atoms with E-state index >= 15 is 0 Å². The minimum atomic E-state index is -0.932. The standard InChI is InChI=1S/C23H20N2O3/c1-3-14-5-4-6-17-21(28-2)13-20(25-22(14)17)19-12-11-18(24-19)15-7-9-16(10-8-15)23(26)27/h4-13,24H,3H2,1-2H3,(H,26,27). The van der Waals surface area contributed by atoms with Gasteiger partial charge in [0.05, 0.1) is 29.6 Å². The van der Waals surface area contributed by atoms with Crippen molar-refractivity contribution in [2.24, 2.45) is 0 Å². The predicted molar refractivity (Wildman–Crippen MR) is 110 cm³/mol. The van der Waals surface area contributed by atoms with E-state index in [-0.39, 0.29) is 5.56 Å². The molecule has 2 aromatic heterocycles. The van der Waals surface area contributed by atoms with E-state index in [0.717, 1.165) is 45.7 Å². The number of ether oxygens (including phenoxy) is 1. The number of carboxylic acids is 1. The number of aromatic nitrogens is 2. The highest BCUT2D eigenvalue weighted by Crippen LogP contribution is 2.32. The topological polar surface area (TPSA) is 75.2 Å². The van der Waals surface area contributed by atoms with E-state index < -0.39 is 5.97 Å². The maximum absolute atomic E-state index is 11.0. The Hall–Kier alpha value is -3.60. The summed E-state index contributed by atoms with van der Waals surface area (Å²) < 4.78 is 5.61. The lowest BCUT2D eigenvalue weighted by atomic mass is 10.1. The smallest absolute Gasteiger partial charge is 0.335 e. The molecule has 28 heavy (non-hydrogen) atoms. The van der Waals surface area contributed by atoms with Crippen molar-refractivity contribution in [3.63, 3.8) is 0 Å². The Balaban J connectivity index is 1.78. The fourth-order valence-corrected chi connectivity index (χ4v) is 3.37. The lowest BCUT2D eigenvalue weighted by molar-refractivity contribution is 0.0697. The first-order valence-corrected chi connectivity index (χ1v) is 9.10. The molecule has 0 unspecified atom stereocenters. The summed E-state index contributed by atoms with van der Waals surface area (Å²) in [6.45, 7) is 2.11. The zero-order valence-electron chi connectivity index (χ0n) is 15.7. The number of fused-ring (bicyclic) bond motifs is 1. The molecule has 0 amide bonds. The SMILES string of the molecule is CCc1cccc2c(OC)cc(-c3ccc(-c4ccc(C(=O)O)cc4)[nH]3)nc12. The molecule has 140 valence electrons. The van der Waals surface area contributed by atoms with Gasteiger partial charge in [0.15, 0.2) is 0 Å². The maximum Gasteiger partial charge on any atom is 0.335 e. The Bertz CT molecular complexity index is 1160. The van der Waals surface area contributed by atoms with Crippen LogP contribution in [0.5, 0.6) is 5.75 Å². The summed E-state index contributed by atoms with van der Waals surface area (Å²) in [5.74, 6) is -0.143. The number of rotatable bonds is 5. The van der Waals surface area contributed by atoms with Crippen LogP contribution in [0.4, 0.5) is 0 Å². The Morgan fingerprint density at radius 1 is 1.07 bits per heavy atom. The van der Waals surface area contributed by atoms with Crippen molar-refractivity contribution in [3.05, 3.63) is 71.8 Å². The summed E-state index contributed by atoms with van der Waals surface area (Å²) >= 11 is 0. The molecule has 0 spiro atoms. The average molecular weight is 372 g/mol. The van der Waals surface area contributed by atoms with Crippen LogP contribution in [0.2, 0.25) is 0 Å². The van der Waals surface area contributed by atoms with E-state index in [0.29, 0.717) is 0 Å². The van der Waals surface area contributed by atoms with Crippen LogP contribution >= 0.6 is 0 Å². The first-order valence-electron chi connectivity index (χ1n) is 9.10. The zero-order chi connectivity index (χ0) is 19.7. The number of carboxylic acid groups (broad SMARTS) is 1. The Labute approximate surface area is 162 Å². The van der Waals surface area contributed by atoms with Crippen LogP contribution in [0.25, 0.3) is 33.5 Å². The Morgan fingerprint density at radius 2 is 1.82 bits per heavy atom. The average Bonchev–Trinajstić information content (AvgIpc) is 3.22. The number of benzene rings is 2. The lowest BCUT2D eigenvalue weighted by Gasteiger charge is -2.10. The number of para-hydroxylation sites is 1. The van der Waals surface area contributed by atoms with Crippen molar-refractivity contribution in [1.82, 2.24) is 9.97 Å². The summed E-state index contributed by atoms with van der Waals surface area (Å²) in [4.78, 5) is 19.3. The van der Waals surface area contributed by atoms with E-state index in [1.54, 1.807) is 31.4 Å². The van der Waals surface area contributed by atoms with Gasteiger partial charge in [0.2, 0.25) is 0 Å². The summed E-state index contributed by atoms with van der Waals surface area (Å²) in [7, 11) is 1.67. The third kappa shape index (κ3) is 3.11. The summed E-state index contributed by atoms with van der Waals surface area (Å²) in [6.07, 6.45) is 0.892. The van der Waals surface area contributed by atoms with Crippen molar-refractivity contribution in [1.29, 1.82) is 0 Å². The molecular formula is C23H20N2O3. The maximum atomic E-state index is 11.0. The number of pyridine rings is 1. The van der Waals surface area contributed by atoms with Gasteiger partial charge in [-0.1, -0.05) is 31.2 Å². The van der Waals surface area contributed by atoms with Crippen molar-refractivity contribution < 1.29 is 14.6 Å². The van der Waals surface area contributed by atoms with E-state index in [1.165, 1.54) is 5.56 Å². The Kier molecular flexibility index (Phi) is 4.57. The number of aromatic carboxylic acids is 1. The third-order valence-electron chi connectivity index (χ3n) is 4.89. The molecule has 4 aromatic rings. The normalized spacial score (nSPS) is 10.9.